The van der Waals surface area contributed by atoms with Crippen molar-refractivity contribution in [2.75, 3.05) is 16.4 Å². The van der Waals surface area contributed by atoms with Crippen LogP contribution in [0.25, 0.3) is 0 Å². The SMILES string of the molecule is CCC(CC)C(=O)N=C1S[C@@H]2CS(=O)(=O)C[C@@H]2N1c1cc(C(F)(F)F)cc(C(F)(F)F)c1. The highest BCUT2D eigenvalue weighted by atomic mass is 32.2. The van der Waals surface area contributed by atoms with Crippen LogP contribution in [0.1, 0.15) is 37.8 Å². The minimum absolute atomic E-state index is 0.00174. The molecule has 1 aromatic carbocycles. The minimum atomic E-state index is -5.06. The Labute approximate surface area is 185 Å². The second kappa shape index (κ2) is 8.54. The largest absolute Gasteiger partial charge is 0.416 e. The molecule has 2 heterocycles. The van der Waals surface area contributed by atoms with Crippen LogP contribution in [-0.2, 0) is 27.0 Å². The summed E-state index contributed by atoms with van der Waals surface area (Å²) < 4.78 is 104. The van der Waals surface area contributed by atoms with Gasteiger partial charge >= 0.3 is 12.4 Å². The second-order valence-electron chi connectivity index (χ2n) is 7.68. The minimum Gasteiger partial charge on any atom is -0.316 e. The predicted molar refractivity (Wildman–Crippen MR) is 109 cm³/mol. The number of alkyl halides is 6. The fraction of sp³-hybridized carbons (Fsp3) is 0.579. The Morgan fingerprint density at radius 3 is 2.06 bits per heavy atom. The van der Waals surface area contributed by atoms with Crippen LogP contribution < -0.4 is 4.90 Å². The highest BCUT2D eigenvalue weighted by Gasteiger charge is 2.50. The van der Waals surface area contributed by atoms with E-state index in [0.29, 0.717) is 25.0 Å². The number of anilines is 1. The fourth-order valence-electron chi connectivity index (χ4n) is 3.77. The second-order valence-corrected chi connectivity index (χ2v) is 11.0. The van der Waals surface area contributed by atoms with E-state index in [4.69, 9.17) is 0 Å². The third-order valence-electron chi connectivity index (χ3n) is 5.46. The number of thioether (sulfide) groups is 1. The van der Waals surface area contributed by atoms with Crippen molar-refractivity contribution in [1.82, 2.24) is 0 Å². The summed E-state index contributed by atoms with van der Waals surface area (Å²) in [5.41, 5.74) is -3.55. The van der Waals surface area contributed by atoms with Crippen LogP contribution in [0, 0.1) is 5.92 Å². The first-order valence-corrected chi connectivity index (χ1v) is 12.4. The van der Waals surface area contributed by atoms with Crippen molar-refractivity contribution < 1.29 is 39.6 Å². The van der Waals surface area contributed by atoms with Crippen molar-refractivity contribution in [1.29, 1.82) is 0 Å². The molecule has 0 radical (unpaired) electrons. The van der Waals surface area contributed by atoms with Crippen molar-refractivity contribution in [2.45, 2.75) is 50.3 Å². The lowest BCUT2D eigenvalue weighted by Gasteiger charge is -2.26. The maximum absolute atomic E-state index is 13.3. The number of hydrogen-bond acceptors (Lipinski definition) is 4. The highest BCUT2D eigenvalue weighted by molar-refractivity contribution is 8.16. The Morgan fingerprint density at radius 2 is 1.59 bits per heavy atom. The van der Waals surface area contributed by atoms with E-state index < -0.39 is 67.9 Å². The molecule has 2 atom stereocenters. The molecule has 178 valence electrons. The molecule has 0 aliphatic carbocycles. The number of hydrogen-bond donors (Lipinski definition) is 0. The third-order valence-corrected chi connectivity index (χ3v) is 8.67. The molecule has 0 N–H and O–H groups in total. The number of aliphatic imine (C=N–C) groups is 1. The molecule has 0 saturated carbocycles. The van der Waals surface area contributed by atoms with Gasteiger partial charge in [0.05, 0.1) is 28.7 Å². The van der Waals surface area contributed by atoms with Gasteiger partial charge in [-0.05, 0) is 31.0 Å². The van der Waals surface area contributed by atoms with E-state index in [9.17, 15) is 39.6 Å². The average Bonchev–Trinajstić information content (AvgIpc) is 3.11. The number of halogens is 6. The molecule has 0 spiro atoms. The third kappa shape index (κ3) is 5.08. The van der Waals surface area contributed by atoms with Crippen LogP contribution in [-0.4, -0.2) is 42.3 Å². The summed E-state index contributed by atoms with van der Waals surface area (Å²) in [5.74, 6) is -1.77. The van der Waals surface area contributed by atoms with E-state index in [1.165, 1.54) is 0 Å². The average molecular weight is 503 g/mol. The van der Waals surface area contributed by atoms with Gasteiger partial charge in [0.25, 0.3) is 5.91 Å². The Bertz CT molecular complexity index is 1000. The first kappa shape index (κ1) is 24.9. The van der Waals surface area contributed by atoms with Gasteiger partial charge in [0.1, 0.15) is 0 Å². The van der Waals surface area contributed by atoms with Gasteiger partial charge in [-0.3, -0.25) is 4.79 Å². The molecule has 2 aliphatic rings. The first-order chi connectivity index (χ1) is 14.7. The van der Waals surface area contributed by atoms with Gasteiger partial charge in [-0.1, -0.05) is 25.6 Å². The fourth-order valence-corrected chi connectivity index (χ4v) is 7.69. The van der Waals surface area contributed by atoms with Gasteiger partial charge in [-0.2, -0.15) is 31.3 Å². The molecule has 13 heteroatoms. The lowest BCUT2D eigenvalue weighted by molar-refractivity contribution is -0.143. The monoisotopic (exact) mass is 502 g/mol. The molecule has 2 aliphatic heterocycles. The van der Waals surface area contributed by atoms with Gasteiger partial charge in [-0.25, -0.2) is 8.42 Å². The number of amidine groups is 1. The Hall–Kier alpha value is -1.76. The van der Waals surface area contributed by atoms with Crippen LogP contribution in [0.15, 0.2) is 23.2 Å². The quantitative estimate of drug-likeness (QED) is 0.556. The van der Waals surface area contributed by atoms with Crippen LogP contribution in [0.5, 0.6) is 0 Å². The van der Waals surface area contributed by atoms with Gasteiger partial charge in [0.2, 0.25) is 0 Å². The first-order valence-electron chi connectivity index (χ1n) is 9.74. The topological polar surface area (TPSA) is 66.8 Å². The zero-order valence-electron chi connectivity index (χ0n) is 17.0. The molecule has 0 bridgehead atoms. The summed E-state index contributed by atoms with van der Waals surface area (Å²) in [6, 6.07) is 0.130. The number of fused-ring (bicyclic) bond motifs is 1. The maximum Gasteiger partial charge on any atom is 0.416 e. The molecule has 0 unspecified atom stereocenters. The van der Waals surface area contributed by atoms with Crippen LogP contribution in [0.4, 0.5) is 32.0 Å². The van der Waals surface area contributed by atoms with E-state index in [0.717, 1.165) is 16.7 Å². The number of sulfone groups is 1. The number of rotatable bonds is 4. The van der Waals surface area contributed by atoms with Crippen molar-refractivity contribution in [3.63, 3.8) is 0 Å². The smallest absolute Gasteiger partial charge is 0.316 e. The zero-order chi connectivity index (χ0) is 24.1. The number of benzene rings is 1. The summed E-state index contributed by atoms with van der Waals surface area (Å²) >= 11 is 0.893. The van der Waals surface area contributed by atoms with Crippen LogP contribution in [0.2, 0.25) is 0 Å². The van der Waals surface area contributed by atoms with Crippen LogP contribution in [0.3, 0.4) is 0 Å². The van der Waals surface area contributed by atoms with E-state index in [2.05, 4.69) is 4.99 Å². The molecule has 1 amide bonds. The number of nitrogens with zero attached hydrogens (tertiary/aromatic N) is 2. The van der Waals surface area contributed by atoms with Crippen molar-refractivity contribution >= 4 is 38.4 Å². The molecule has 2 saturated heterocycles. The lowest BCUT2D eigenvalue weighted by atomic mass is 10.0. The maximum atomic E-state index is 13.3. The van der Waals surface area contributed by atoms with E-state index >= 15 is 0 Å². The van der Waals surface area contributed by atoms with Gasteiger partial charge < -0.3 is 4.90 Å². The van der Waals surface area contributed by atoms with Gasteiger partial charge in [-0.15, -0.1) is 0 Å². The molecule has 5 nitrogen and oxygen atoms in total. The van der Waals surface area contributed by atoms with Gasteiger partial charge in [0, 0.05) is 16.9 Å². The summed E-state index contributed by atoms with van der Waals surface area (Å²) in [4.78, 5) is 17.6. The normalized spacial score (nSPS) is 24.4. The van der Waals surface area contributed by atoms with Crippen molar-refractivity contribution in [2.24, 2.45) is 10.9 Å². The number of amides is 1. The summed E-state index contributed by atoms with van der Waals surface area (Å²) in [5, 5.41) is -0.739. The lowest BCUT2D eigenvalue weighted by Crippen LogP contribution is -2.38. The molecular weight excluding hydrogens is 482 g/mol. The van der Waals surface area contributed by atoms with Crippen LogP contribution >= 0.6 is 11.8 Å². The standard InChI is InChI=1S/C19H20F6N2O3S2/c1-3-10(4-2)16(28)26-17-27(14-8-32(29,30)9-15(14)31-17)13-6-11(18(20,21)22)5-12(7-13)19(23,24)25/h5-7,10,14-15H,3-4,8-9H2,1-2H3/t14-,15+/m0/s1. The molecule has 32 heavy (non-hydrogen) atoms. The van der Waals surface area contributed by atoms with Crippen molar-refractivity contribution in [3.8, 4) is 0 Å². The van der Waals surface area contributed by atoms with E-state index in [1.54, 1.807) is 13.8 Å². The number of carbonyl (C=O) groups excluding carboxylic acids is 1. The summed E-state index contributed by atoms with van der Waals surface area (Å²) in [6.07, 6.45) is -9.21. The molecule has 1 aromatic rings. The zero-order valence-corrected chi connectivity index (χ0v) is 18.6. The van der Waals surface area contributed by atoms with Crippen molar-refractivity contribution in [3.05, 3.63) is 29.3 Å². The van der Waals surface area contributed by atoms with E-state index in [-0.39, 0.29) is 17.0 Å². The molecule has 2 fully saturated rings. The highest BCUT2D eigenvalue weighted by Crippen LogP contribution is 2.44. The Morgan fingerprint density at radius 1 is 1.06 bits per heavy atom. The Balaban J connectivity index is 2.16. The summed E-state index contributed by atoms with van der Waals surface area (Å²) in [6.45, 7) is 3.52. The molecule has 3 rings (SSSR count). The van der Waals surface area contributed by atoms with E-state index in [1.807, 2.05) is 0 Å². The molecular formula is C19H20F6N2O3S2. The number of carbonyl (C=O) groups is 1. The Kier molecular flexibility index (Phi) is 6.64. The van der Waals surface area contributed by atoms with Gasteiger partial charge in [0.15, 0.2) is 15.0 Å². The molecule has 0 aromatic heterocycles. The summed E-state index contributed by atoms with van der Waals surface area (Å²) in [7, 11) is -3.55. The predicted octanol–water partition coefficient (Wildman–Crippen LogP) is 4.76.